The van der Waals surface area contributed by atoms with Crippen molar-refractivity contribution in [1.29, 1.82) is 0 Å². The van der Waals surface area contributed by atoms with Crippen molar-refractivity contribution in [1.82, 2.24) is 4.31 Å². The number of piperidine rings is 1. The second kappa shape index (κ2) is 9.05. The van der Waals surface area contributed by atoms with Crippen LogP contribution in [0.2, 0.25) is 0 Å². The zero-order valence-electron chi connectivity index (χ0n) is 16.1. The summed E-state index contributed by atoms with van der Waals surface area (Å²) in [5, 5.41) is 0. The Morgan fingerprint density at radius 2 is 1.79 bits per heavy atom. The quantitative estimate of drug-likeness (QED) is 0.671. The summed E-state index contributed by atoms with van der Waals surface area (Å²) in [6, 6.07) is 6.36. The number of sulfonamides is 1. The predicted molar refractivity (Wildman–Crippen MR) is 102 cm³/mol. The molecule has 1 saturated heterocycles. The third kappa shape index (κ3) is 4.72. The number of benzene rings is 1. The average molecular weight is 410 g/mol. The summed E-state index contributed by atoms with van der Waals surface area (Å²) in [7, 11) is -3.61. The Balaban J connectivity index is 1.56. The number of nitrogens with zero attached hydrogens (tertiary/aromatic N) is 1. The standard InChI is InChI=1S/C20H27NO6S/c1-2-26-16-7-9-17(10-8-16)28(24,25)21-13-11-15(12-14-21)20(23)27-19-6-4-3-5-18(19)22/h7-10,15,19H,2-6,11-14H2,1H3. The first-order valence-electron chi connectivity index (χ1n) is 9.88. The third-order valence-electron chi connectivity index (χ3n) is 5.32. The minimum atomic E-state index is -3.61. The van der Waals surface area contributed by atoms with Crippen molar-refractivity contribution in [3.05, 3.63) is 24.3 Å². The van der Waals surface area contributed by atoms with Gasteiger partial charge in [-0.15, -0.1) is 0 Å². The number of ketones is 1. The fourth-order valence-corrected chi connectivity index (χ4v) is 5.14. The van der Waals surface area contributed by atoms with Gasteiger partial charge in [-0.3, -0.25) is 9.59 Å². The van der Waals surface area contributed by atoms with Crippen LogP contribution in [0.15, 0.2) is 29.2 Å². The number of carbonyl (C=O) groups excluding carboxylic acids is 2. The Morgan fingerprint density at radius 1 is 1.11 bits per heavy atom. The predicted octanol–water partition coefficient (Wildman–Crippen LogP) is 2.54. The highest BCUT2D eigenvalue weighted by molar-refractivity contribution is 7.89. The number of carbonyl (C=O) groups is 2. The Morgan fingerprint density at radius 3 is 2.39 bits per heavy atom. The second-order valence-electron chi connectivity index (χ2n) is 7.22. The lowest BCUT2D eigenvalue weighted by Gasteiger charge is -2.31. The van der Waals surface area contributed by atoms with Crippen molar-refractivity contribution in [2.75, 3.05) is 19.7 Å². The van der Waals surface area contributed by atoms with Gasteiger partial charge in [-0.05, 0) is 63.3 Å². The molecule has 2 aliphatic rings. The van der Waals surface area contributed by atoms with Gasteiger partial charge in [-0.2, -0.15) is 4.31 Å². The number of hydrogen-bond acceptors (Lipinski definition) is 6. The van der Waals surface area contributed by atoms with Crippen LogP contribution in [0, 0.1) is 5.92 Å². The van der Waals surface area contributed by atoms with Crippen LogP contribution < -0.4 is 4.74 Å². The van der Waals surface area contributed by atoms with Gasteiger partial charge in [0.2, 0.25) is 10.0 Å². The Hall–Kier alpha value is -1.93. The molecule has 0 radical (unpaired) electrons. The van der Waals surface area contributed by atoms with E-state index in [2.05, 4.69) is 0 Å². The van der Waals surface area contributed by atoms with Crippen molar-refractivity contribution in [2.24, 2.45) is 5.92 Å². The van der Waals surface area contributed by atoms with E-state index < -0.39 is 16.1 Å². The lowest BCUT2D eigenvalue weighted by molar-refractivity contribution is -0.161. The molecule has 2 fully saturated rings. The number of esters is 1. The molecule has 0 aromatic heterocycles. The SMILES string of the molecule is CCOc1ccc(S(=O)(=O)N2CCC(C(=O)OC3CCCCC3=O)CC2)cc1. The maximum absolute atomic E-state index is 12.8. The molecular formula is C20H27NO6S. The molecule has 3 rings (SSSR count). The first-order chi connectivity index (χ1) is 13.4. The summed E-state index contributed by atoms with van der Waals surface area (Å²) in [6.45, 7) is 2.90. The molecule has 7 nitrogen and oxygen atoms in total. The van der Waals surface area contributed by atoms with Gasteiger partial charge in [0.05, 0.1) is 17.4 Å². The maximum atomic E-state index is 12.8. The lowest BCUT2D eigenvalue weighted by atomic mass is 9.95. The fraction of sp³-hybridized carbons (Fsp3) is 0.600. The number of hydrogen-bond donors (Lipinski definition) is 0. The van der Waals surface area contributed by atoms with Crippen molar-refractivity contribution >= 4 is 21.8 Å². The molecule has 154 valence electrons. The highest BCUT2D eigenvalue weighted by Gasteiger charge is 2.35. The number of Topliss-reactive ketones (excluding diaryl/α,β-unsaturated/α-hetero) is 1. The van der Waals surface area contributed by atoms with Crippen molar-refractivity contribution < 1.29 is 27.5 Å². The smallest absolute Gasteiger partial charge is 0.309 e. The van der Waals surface area contributed by atoms with Crippen LogP contribution in [0.5, 0.6) is 5.75 Å². The Kier molecular flexibility index (Phi) is 6.72. The van der Waals surface area contributed by atoms with Crippen LogP contribution in [-0.2, 0) is 24.3 Å². The van der Waals surface area contributed by atoms with Gasteiger partial charge in [0.1, 0.15) is 5.75 Å². The van der Waals surface area contributed by atoms with E-state index in [0.29, 0.717) is 38.0 Å². The van der Waals surface area contributed by atoms with Crippen LogP contribution >= 0.6 is 0 Å². The topological polar surface area (TPSA) is 90.0 Å². The second-order valence-corrected chi connectivity index (χ2v) is 9.16. The molecule has 0 spiro atoms. The summed E-state index contributed by atoms with van der Waals surface area (Å²) < 4.78 is 37.8. The lowest BCUT2D eigenvalue weighted by Crippen LogP contribution is -2.41. The molecule has 1 aliphatic carbocycles. The summed E-state index contributed by atoms with van der Waals surface area (Å²) >= 11 is 0. The molecule has 1 aromatic rings. The van der Waals surface area contributed by atoms with Gasteiger partial charge >= 0.3 is 5.97 Å². The minimum absolute atomic E-state index is 0.00452. The average Bonchev–Trinajstić information content (AvgIpc) is 2.70. The molecular weight excluding hydrogens is 382 g/mol. The molecule has 1 aromatic carbocycles. The zero-order chi connectivity index (χ0) is 20.1. The van der Waals surface area contributed by atoms with Gasteiger partial charge < -0.3 is 9.47 Å². The van der Waals surface area contributed by atoms with E-state index in [4.69, 9.17) is 9.47 Å². The minimum Gasteiger partial charge on any atom is -0.494 e. The molecule has 8 heteroatoms. The fourth-order valence-electron chi connectivity index (χ4n) is 3.67. The highest BCUT2D eigenvalue weighted by atomic mass is 32.2. The van der Waals surface area contributed by atoms with Gasteiger partial charge in [0.25, 0.3) is 0 Å². The van der Waals surface area contributed by atoms with E-state index >= 15 is 0 Å². The van der Waals surface area contributed by atoms with E-state index in [9.17, 15) is 18.0 Å². The summed E-state index contributed by atoms with van der Waals surface area (Å²) in [5.74, 6) is -0.116. The molecule has 0 N–H and O–H groups in total. The first-order valence-corrected chi connectivity index (χ1v) is 11.3. The van der Waals surface area contributed by atoms with Gasteiger partial charge in [-0.1, -0.05) is 0 Å². The largest absolute Gasteiger partial charge is 0.494 e. The first kappa shape index (κ1) is 20.8. The van der Waals surface area contributed by atoms with Crippen LogP contribution in [0.25, 0.3) is 0 Å². The Bertz CT molecular complexity index is 796. The number of rotatable bonds is 6. The number of ether oxygens (including phenoxy) is 2. The molecule has 1 atom stereocenters. The van der Waals surface area contributed by atoms with Gasteiger partial charge in [-0.25, -0.2) is 8.42 Å². The summed E-state index contributed by atoms with van der Waals surface area (Å²) in [5.41, 5.74) is 0. The van der Waals surface area contributed by atoms with Crippen LogP contribution in [0.3, 0.4) is 0 Å². The van der Waals surface area contributed by atoms with E-state index in [1.165, 1.54) is 16.4 Å². The van der Waals surface area contributed by atoms with E-state index in [-0.39, 0.29) is 35.7 Å². The van der Waals surface area contributed by atoms with Gasteiger partial charge in [0.15, 0.2) is 11.9 Å². The highest BCUT2D eigenvalue weighted by Crippen LogP contribution is 2.27. The van der Waals surface area contributed by atoms with E-state index in [0.717, 1.165) is 12.8 Å². The molecule has 0 amide bonds. The summed E-state index contributed by atoms with van der Waals surface area (Å²) in [6.07, 6.45) is 2.99. The van der Waals surface area contributed by atoms with Gasteiger partial charge in [0, 0.05) is 19.5 Å². The summed E-state index contributed by atoms with van der Waals surface area (Å²) in [4.78, 5) is 24.4. The van der Waals surface area contributed by atoms with E-state index in [1.54, 1.807) is 12.1 Å². The molecule has 1 aliphatic heterocycles. The monoisotopic (exact) mass is 409 g/mol. The van der Waals surface area contributed by atoms with Crippen molar-refractivity contribution in [2.45, 2.75) is 56.4 Å². The zero-order valence-corrected chi connectivity index (χ0v) is 16.9. The van der Waals surface area contributed by atoms with Crippen molar-refractivity contribution in [3.8, 4) is 5.75 Å². The van der Waals surface area contributed by atoms with E-state index in [1.807, 2.05) is 6.92 Å². The van der Waals surface area contributed by atoms with Crippen LogP contribution in [-0.4, -0.2) is 50.3 Å². The molecule has 28 heavy (non-hydrogen) atoms. The third-order valence-corrected chi connectivity index (χ3v) is 7.23. The molecule has 1 heterocycles. The normalized spacial score (nSPS) is 22.0. The molecule has 0 bridgehead atoms. The maximum Gasteiger partial charge on any atom is 0.309 e. The Labute approximate surface area is 166 Å². The molecule has 1 saturated carbocycles. The van der Waals surface area contributed by atoms with Crippen LogP contribution in [0.1, 0.15) is 45.4 Å². The van der Waals surface area contributed by atoms with Crippen LogP contribution in [0.4, 0.5) is 0 Å². The molecule has 1 unspecified atom stereocenters. The van der Waals surface area contributed by atoms with Crippen molar-refractivity contribution in [3.63, 3.8) is 0 Å².